The second-order valence-electron chi connectivity index (χ2n) is 2.80. The highest BCUT2D eigenvalue weighted by molar-refractivity contribution is 5.53. The summed E-state index contributed by atoms with van der Waals surface area (Å²) in [6.45, 7) is 3.66. The summed E-state index contributed by atoms with van der Waals surface area (Å²) < 4.78 is 0. The lowest BCUT2D eigenvalue weighted by atomic mass is 10.1. The number of rotatable bonds is 2. The molecule has 7 heteroatoms. The molecule has 0 aliphatic carbocycles. The van der Waals surface area contributed by atoms with Crippen LogP contribution in [0, 0.1) is 24.0 Å². The Bertz CT molecular complexity index is 386. The molecule has 0 spiro atoms. The van der Waals surface area contributed by atoms with Crippen molar-refractivity contribution >= 4 is 6.16 Å². The third-order valence-corrected chi connectivity index (χ3v) is 1.73. The monoisotopic (exact) mass is 229 g/mol. The van der Waals surface area contributed by atoms with Crippen molar-refractivity contribution in [3.8, 4) is 5.75 Å². The minimum Gasteiger partial charge on any atom is -0.450 e. The van der Waals surface area contributed by atoms with Crippen LogP contribution in [-0.4, -0.2) is 21.5 Å². The fraction of sp³-hybridized carbons (Fsp3) is 0.222. The molecule has 0 atom stereocenters. The first-order valence-electron chi connectivity index (χ1n) is 4.15. The Balaban J connectivity index is 0.000000487. The molecule has 0 amide bonds. The number of nitrogens with zero attached hydrogens (tertiary/aromatic N) is 1. The number of hydrogen-bond acceptors (Lipinski definition) is 4. The van der Waals surface area contributed by atoms with Crippen LogP contribution in [0.1, 0.15) is 11.1 Å². The second kappa shape index (κ2) is 6.23. The number of carboxylic acid groups (broad SMARTS) is 2. The van der Waals surface area contributed by atoms with Gasteiger partial charge in [-0.3, -0.25) is 4.84 Å². The van der Waals surface area contributed by atoms with E-state index in [0.717, 1.165) is 11.1 Å². The minimum atomic E-state index is -1.83. The normalized spacial score (nSPS) is 8.62. The maximum Gasteiger partial charge on any atom is 0.503 e. The lowest BCUT2D eigenvalue weighted by Crippen LogP contribution is -2.05. The van der Waals surface area contributed by atoms with E-state index in [9.17, 15) is 10.1 Å². The molecule has 7 nitrogen and oxygen atoms in total. The van der Waals surface area contributed by atoms with Crippen LogP contribution in [0.4, 0.5) is 4.79 Å². The molecule has 0 aromatic heterocycles. The molecule has 88 valence electrons. The highest BCUT2D eigenvalue weighted by Gasteiger charge is 2.03. The van der Waals surface area contributed by atoms with Gasteiger partial charge in [-0.15, -0.1) is 10.1 Å². The number of carbonyl (C=O) groups is 1. The van der Waals surface area contributed by atoms with Crippen LogP contribution in [-0.2, 0) is 0 Å². The van der Waals surface area contributed by atoms with Crippen LogP contribution >= 0.6 is 0 Å². The molecule has 0 fully saturated rings. The average molecular weight is 229 g/mol. The first kappa shape index (κ1) is 13.7. The van der Waals surface area contributed by atoms with E-state index < -0.39 is 11.2 Å². The van der Waals surface area contributed by atoms with E-state index in [1.165, 1.54) is 0 Å². The molecule has 0 aliphatic heterocycles. The Labute approximate surface area is 91.0 Å². The predicted octanol–water partition coefficient (Wildman–Crippen LogP) is 2.10. The van der Waals surface area contributed by atoms with Crippen LogP contribution in [0.5, 0.6) is 5.75 Å². The standard InChI is InChI=1S/C8H9NO3.CH2O3/c1-6-4-3-5-8(7(6)2)12-9(10)11;2-1(3)4/h3-5H,1-2H3;(H2,2,3,4). The highest BCUT2D eigenvalue weighted by atomic mass is 17.0. The van der Waals surface area contributed by atoms with Gasteiger partial charge in [-0.05, 0) is 31.0 Å². The van der Waals surface area contributed by atoms with E-state index in [1.807, 2.05) is 13.0 Å². The summed E-state index contributed by atoms with van der Waals surface area (Å²) >= 11 is 0. The molecule has 2 N–H and O–H groups in total. The predicted molar refractivity (Wildman–Crippen MR) is 54.2 cm³/mol. The average Bonchev–Trinajstić information content (AvgIpc) is 2.11. The van der Waals surface area contributed by atoms with Crippen molar-refractivity contribution in [3.05, 3.63) is 39.4 Å². The molecule has 0 bridgehead atoms. The van der Waals surface area contributed by atoms with Crippen molar-refractivity contribution in [2.24, 2.45) is 0 Å². The molecule has 0 radical (unpaired) electrons. The van der Waals surface area contributed by atoms with Gasteiger partial charge in [0.2, 0.25) is 0 Å². The van der Waals surface area contributed by atoms with Crippen molar-refractivity contribution in [2.75, 3.05) is 0 Å². The fourth-order valence-electron chi connectivity index (χ4n) is 0.903. The first-order valence-corrected chi connectivity index (χ1v) is 4.15. The molecular formula is C9H11NO6. The van der Waals surface area contributed by atoms with Gasteiger partial charge in [0.05, 0.1) is 0 Å². The summed E-state index contributed by atoms with van der Waals surface area (Å²) in [6.07, 6.45) is -1.83. The molecule has 1 rings (SSSR count). The van der Waals surface area contributed by atoms with E-state index >= 15 is 0 Å². The van der Waals surface area contributed by atoms with Crippen LogP contribution in [0.15, 0.2) is 18.2 Å². The molecule has 1 aromatic carbocycles. The largest absolute Gasteiger partial charge is 0.503 e. The second-order valence-corrected chi connectivity index (χ2v) is 2.80. The third-order valence-electron chi connectivity index (χ3n) is 1.73. The molecule has 0 aliphatic rings. The zero-order valence-corrected chi connectivity index (χ0v) is 8.71. The summed E-state index contributed by atoms with van der Waals surface area (Å²) in [5.74, 6) is 0.306. The van der Waals surface area contributed by atoms with Gasteiger partial charge in [-0.25, -0.2) is 4.79 Å². The summed E-state index contributed by atoms with van der Waals surface area (Å²) in [4.78, 5) is 22.9. The van der Waals surface area contributed by atoms with E-state index in [0.29, 0.717) is 5.75 Å². The van der Waals surface area contributed by atoms with Crippen LogP contribution < -0.4 is 4.84 Å². The summed E-state index contributed by atoms with van der Waals surface area (Å²) in [5.41, 5.74) is 1.78. The summed E-state index contributed by atoms with van der Waals surface area (Å²) in [7, 11) is 0. The van der Waals surface area contributed by atoms with E-state index in [1.54, 1.807) is 19.1 Å². The minimum absolute atomic E-state index is 0.306. The van der Waals surface area contributed by atoms with Crippen molar-refractivity contribution < 1.29 is 24.9 Å². The van der Waals surface area contributed by atoms with Crippen molar-refractivity contribution in [3.63, 3.8) is 0 Å². The van der Waals surface area contributed by atoms with E-state index in [2.05, 4.69) is 4.84 Å². The molecular weight excluding hydrogens is 218 g/mol. The Morgan fingerprint density at radius 3 is 2.31 bits per heavy atom. The number of aryl methyl sites for hydroxylation is 1. The topological polar surface area (TPSA) is 110 Å². The van der Waals surface area contributed by atoms with E-state index in [-0.39, 0.29) is 0 Å². The Kier molecular flexibility index (Phi) is 5.33. The van der Waals surface area contributed by atoms with Gasteiger partial charge in [0.1, 0.15) is 5.75 Å². The van der Waals surface area contributed by atoms with Gasteiger partial charge in [0.15, 0.2) is 0 Å². The molecule has 0 saturated carbocycles. The molecule has 0 heterocycles. The van der Waals surface area contributed by atoms with E-state index in [4.69, 9.17) is 15.0 Å². The van der Waals surface area contributed by atoms with Gasteiger partial charge >= 0.3 is 6.16 Å². The highest BCUT2D eigenvalue weighted by Crippen LogP contribution is 2.20. The van der Waals surface area contributed by atoms with Gasteiger partial charge in [0.25, 0.3) is 5.09 Å². The Morgan fingerprint density at radius 2 is 1.88 bits per heavy atom. The summed E-state index contributed by atoms with van der Waals surface area (Å²) in [5, 5.41) is 23.2. The Morgan fingerprint density at radius 1 is 1.38 bits per heavy atom. The van der Waals surface area contributed by atoms with Crippen molar-refractivity contribution in [1.82, 2.24) is 0 Å². The Hall–Kier alpha value is -2.31. The SMILES string of the molecule is Cc1cccc(O[N+](=O)[O-])c1C.O=C(O)O. The quantitative estimate of drug-likeness (QED) is 0.593. The van der Waals surface area contributed by atoms with Crippen LogP contribution in [0.25, 0.3) is 0 Å². The third kappa shape index (κ3) is 5.43. The van der Waals surface area contributed by atoms with Crippen molar-refractivity contribution in [2.45, 2.75) is 13.8 Å². The van der Waals surface area contributed by atoms with Crippen LogP contribution in [0.2, 0.25) is 0 Å². The van der Waals surface area contributed by atoms with Crippen LogP contribution in [0.3, 0.4) is 0 Å². The lowest BCUT2D eigenvalue weighted by molar-refractivity contribution is -0.711. The van der Waals surface area contributed by atoms with Gasteiger partial charge in [-0.1, -0.05) is 12.1 Å². The molecule has 0 saturated heterocycles. The van der Waals surface area contributed by atoms with Gasteiger partial charge in [0, 0.05) is 0 Å². The maximum absolute atomic E-state index is 10.0. The zero-order valence-electron chi connectivity index (χ0n) is 8.71. The molecule has 1 aromatic rings. The number of benzene rings is 1. The summed E-state index contributed by atoms with van der Waals surface area (Å²) in [6, 6.07) is 5.18. The smallest absolute Gasteiger partial charge is 0.450 e. The maximum atomic E-state index is 10.0. The lowest BCUT2D eigenvalue weighted by Gasteiger charge is -2.04. The first-order chi connectivity index (χ1) is 7.34. The number of hydrogen-bond donors (Lipinski definition) is 2. The van der Waals surface area contributed by atoms with Gasteiger partial charge in [-0.2, -0.15) is 0 Å². The van der Waals surface area contributed by atoms with Gasteiger partial charge < -0.3 is 10.2 Å². The zero-order chi connectivity index (χ0) is 12.7. The van der Waals surface area contributed by atoms with Crippen molar-refractivity contribution in [1.29, 1.82) is 0 Å². The fourth-order valence-corrected chi connectivity index (χ4v) is 0.903. The molecule has 16 heavy (non-hydrogen) atoms. The molecule has 0 unspecified atom stereocenters.